The van der Waals surface area contributed by atoms with Crippen molar-refractivity contribution in [2.75, 3.05) is 5.06 Å². The van der Waals surface area contributed by atoms with Crippen molar-refractivity contribution >= 4 is 23.4 Å². The second-order valence-electron chi connectivity index (χ2n) is 6.60. The number of benzene rings is 1. The fourth-order valence-corrected chi connectivity index (χ4v) is 3.64. The standard InChI is InChI=1S/C22H20N2O2/c1-15(25)23-20-11-4-2-7-16(20)13-18-9-6-10-19-14-17-8-3-5-12-21(17)24(26)22(18)19/h2-5,7-8,11-14,26H,6,9-10H2,1H3/b16-13+,23-20?. The van der Waals surface area contributed by atoms with E-state index < -0.39 is 0 Å². The molecule has 0 bridgehead atoms. The first kappa shape index (κ1) is 16.5. The lowest BCUT2D eigenvalue weighted by Gasteiger charge is -2.33. The summed E-state index contributed by atoms with van der Waals surface area (Å²) in [5.41, 5.74) is 6.43. The minimum Gasteiger partial charge on any atom is -0.283 e. The van der Waals surface area contributed by atoms with Crippen LogP contribution in [0.3, 0.4) is 0 Å². The van der Waals surface area contributed by atoms with Gasteiger partial charge in [0.1, 0.15) is 0 Å². The van der Waals surface area contributed by atoms with Gasteiger partial charge in [-0.3, -0.25) is 10.0 Å². The molecule has 1 aromatic carbocycles. The lowest BCUT2D eigenvalue weighted by Crippen LogP contribution is -2.26. The number of amides is 1. The molecule has 0 aromatic heterocycles. The summed E-state index contributed by atoms with van der Waals surface area (Å²) in [5, 5.41) is 12.2. The molecule has 130 valence electrons. The molecule has 1 N–H and O–H groups in total. The molecule has 0 saturated carbocycles. The number of hydroxylamine groups is 1. The van der Waals surface area contributed by atoms with E-state index in [0.717, 1.165) is 52.9 Å². The third-order valence-corrected chi connectivity index (χ3v) is 4.75. The summed E-state index contributed by atoms with van der Waals surface area (Å²) >= 11 is 0. The van der Waals surface area contributed by atoms with E-state index >= 15 is 0 Å². The molecule has 1 amide bonds. The topological polar surface area (TPSA) is 52.9 Å². The quantitative estimate of drug-likeness (QED) is 0.799. The normalized spacial score (nSPS) is 21.8. The maximum absolute atomic E-state index is 11.4. The Balaban J connectivity index is 1.83. The van der Waals surface area contributed by atoms with Crippen LogP contribution in [0.1, 0.15) is 31.7 Å². The molecule has 4 rings (SSSR count). The van der Waals surface area contributed by atoms with Crippen LogP contribution in [-0.4, -0.2) is 16.8 Å². The summed E-state index contributed by atoms with van der Waals surface area (Å²) < 4.78 is 0. The Morgan fingerprint density at radius 3 is 2.85 bits per heavy atom. The zero-order chi connectivity index (χ0) is 18.1. The number of allylic oxidation sites excluding steroid dienone is 8. The van der Waals surface area contributed by atoms with Gasteiger partial charge in [-0.2, -0.15) is 0 Å². The van der Waals surface area contributed by atoms with Crippen molar-refractivity contribution in [3.63, 3.8) is 0 Å². The molecule has 0 radical (unpaired) electrons. The lowest BCUT2D eigenvalue weighted by atomic mass is 9.86. The molecule has 4 heteroatoms. The Morgan fingerprint density at radius 1 is 1.19 bits per heavy atom. The summed E-state index contributed by atoms with van der Waals surface area (Å²) in [6, 6.07) is 7.84. The minimum atomic E-state index is -0.219. The Morgan fingerprint density at radius 2 is 2.00 bits per heavy atom. The van der Waals surface area contributed by atoms with Crippen LogP contribution < -0.4 is 5.06 Å². The van der Waals surface area contributed by atoms with Gasteiger partial charge in [0.05, 0.1) is 17.1 Å². The maximum Gasteiger partial charge on any atom is 0.243 e. The van der Waals surface area contributed by atoms with Gasteiger partial charge in [0, 0.05) is 18.1 Å². The second-order valence-corrected chi connectivity index (χ2v) is 6.60. The maximum atomic E-state index is 11.4. The number of carbonyl (C=O) groups excluding carboxylic acids is 1. The van der Waals surface area contributed by atoms with Crippen LogP contribution in [-0.2, 0) is 4.79 Å². The molecule has 0 fully saturated rings. The fraction of sp³-hybridized carbons (Fsp3) is 0.182. The zero-order valence-electron chi connectivity index (χ0n) is 14.6. The first-order valence-electron chi connectivity index (χ1n) is 8.82. The highest BCUT2D eigenvalue weighted by molar-refractivity contribution is 6.15. The van der Waals surface area contributed by atoms with Gasteiger partial charge in [0.25, 0.3) is 0 Å². The van der Waals surface area contributed by atoms with Crippen LogP contribution in [0.15, 0.2) is 82.1 Å². The molecule has 0 atom stereocenters. The van der Waals surface area contributed by atoms with Crippen molar-refractivity contribution in [1.29, 1.82) is 0 Å². The molecule has 1 aromatic rings. The molecule has 0 spiro atoms. The number of fused-ring (bicyclic) bond motifs is 2. The number of aliphatic imine (C=N–C) groups is 1. The molecule has 1 aliphatic heterocycles. The Kier molecular flexibility index (Phi) is 4.27. The molecular weight excluding hydrogens is 324 g/mol. The van der Waals surface area contributed by atoms with E-state index in [0.29, 0.717) is 5.71 Å². The number of rotatable bonds is 1. The molecule has 3 aliphatic rings. The van der Waals surface area contributed by atoms with E-state index in [4.69, 9.17) is 0 Å². The Hall–Kier alpha value is -2.98. The Labute approximate surface area is 152 Å². The van der Waals surface area contributed by atoms with Crippen LogP contribution in [0.2, 0.25) is 0 Å². The second kappa shape index (κ2) is 6.73. The van der Waals surface area contributed by atoms with E-state index in [1.807, 2.05) is 54.6 Å². The van der Waals surface area contributed by atoms with Gasteiger partial charge in [-0.15, -0.1) is 0 Å². The molecular formula is C22H20N2O2. The first-order valence-corrected chi connectivity index (χ1v) is 8.82. The van der Waals surface area contributed by atoms with Crippen LogP contribution >= 0.6 is 0 Å². The van der Waals surface area contributed by atoms with Crippen molar-refractivity contribution < 1.29 is 10.0 Å². The third kappa shape index (κ3) is 3.00. The predicted molar refractivity (Wildman–Crippen MR) is 104 cm³/mol. The van der Waals surface area contributed by atoms with Crippen LogP contribution in [0.25, 0.3) is 6.08 Å². The van der Waals surface area contributed by atoms with E-state index in [1.54, 1.807) is 0 Å². The highest BCUT2D eigenvalue weighted by atomic mass is 16.5. The van der Waals surface area contributed by atoms with Gasteiger partial charge in [-0.1, -0.05) is 36.4 Å². The van der Waals surface area contributed by atoms with Crippen molar-refractivity contribution in [3.05, 3.63) is 82.6 Å². The molecule has 4 nitrogen and oxygen atoms in total. The average Bonchev–Trinajstić information content (AvgIpc) is 2.63. The van der Waals surface area contributed by atoms with E-state index in [1.165, 1.54) is 12.0 Å². The summed E-state index contributed by atoms with van der Waals surface area (Å²) in [5.74, 6) is -0.219. The third-order valence-electron chi connectivity index (χ3n) is 4.75. The van der Waals surface area contributed by atoms with Crippen molar-refractivity contribution in [1.82, 2.24) is 0 Å². The average molecular weight is 344 g/mol. The highest BCUT2D eigenvalue weighted by Gasteiger charge is 2.27. The fourth-order valence-electron chi connectivity index (χ4n) is 3.64. The number of carbonyl (C=O) groups is 1. The minimum absolute atomic E-state index is 0.219. The van der Waals surface area contributed by atoms with E-state index in [9.17, 15) is 10.0 Å². The first-order chi connectivity index (χ1) is 12.6. The number of nitrogens with zero attached hydrogens (tertiary/aromatic N) is 2. The van der Waals surface area contributed by atoms with Gasteiger partial charge in [-0.05, 0) is 54.7 Å². The molecule has 0 unspecified atom stereocenters. The summed E-state index contributed by atoms with van der Waals surface area (Å²) in [4.78, 5) is 15.5. The summed E-state index contributed by atoms with van der Waals surface area (Å²) in [6.45, 7) is 1.45. The van der Waals surface area contributed by atoms with Crippen LogP contribution in [0.5, 0.6) is 0 Å². The lowest BCUT2D eigenvalue weighted by molar-refractivity contribution is -0.115. The number of hydrogen-bond acceptors (Lipinski definition) is 3. The van der Waals surface area contributed by atoms with Gasteiger partial charge >= 0.3 is 0 Å². The highest BCUT2D eigenvalue weighted by Crippen LogP contribution is 2.41. The smallest absolute Gasteiger partial charge is 0.243 e. The molecule has 0 saturated heterocycles. The molecule has 2 aliphatic carbocycles. The van der Waals surface area contributed by atoms with Gasteiger partial charge < -0.3 is 0 Å². The van der Waals surface area contributed by atoms with Crippen LogP contribution in [0, 0.1) is 0 Å². The number of hydrogen-bond donors (Lipinski definition) is 1. The number of anilines is 1. The SMILES string of the molecule is CC(=O)N=C1C=CC=C/C1=C\C1=C2C(=Cc3ccccc3N2O)CCC1. The molecule has 26 heavy (non-hydrogen) atoms. The zero-order valence-corrected chi connectivity index (χ0v) is 14.6. The van der Waals surface area contributed by atoms with E-state index in [2.05, 4.69) is 11.1 Å². The Bertz CT molecular complexity index is 958. The predicted octanol–water partition coefficient (Wildman–Crippen LogP) is 4.76. The van der Waals surface area contributed by atoms with E-state index in [-0.39, 0.29) is 5.91 Å². The van der Waals surface area contributed by atoms with Gasteiger partial charge in [0.2, 0.25) is 5.91 Å². The molecule has 1 heterocycles. The number of para-hydroxylation sites is 1. The summed E-state index contributed by atoms with van der Waals surface area (Å²) in [6.07, 6.45) is 14.6. The van der Waals surface area contributed by atoms with Crippen molar-refractivity contribution in [3.8, 4) is 0 Å². The van der Waals surface area contributed by atoms with Gasteiger partial charge in [-0.25, -0.2) is 10.1 Å². The monoisotopic (exact) mass is 344 g/mol. The van der Waals surface area contributed by atoms with Crippen molar-refractivity contribution in [2.45, 2.75) is 26.2 Å². The van der Waals surface area contributed by atoms with Gasteiger partial charge in [0.15, 0.2) is 0 Å². The summed E-state index contributed by atoms with van der Waals surface area (Å²) in [7, 11) is 0. The van der Waals surface area contributed by atoms with Crippen LogP contribution in [0.4, 0.5) is 5.69 Å². The largest absolute Gasteiger partial charge is 0.283 e. The van der Waals surface area contributed by atoms with Crippen molar-refractivity contribution in [2.24, 2.45) is 4.99 Å².